The molecule has 0 aliphatic heterocycles. The fourth-order valence-electron chi connectivity index (χ4n) is 2.80. The summed E-state index contributed by atoms with van der Waals surface area (Å²) in [7, 11) is 4.06. The molecule has 1 aliphatic carbocycles. The number of ether oxygens (including phenoxy) is 1. The molecule has 6 heteroatoms. The fraction of sp³-hybridized carbons (Fsp3) is 0.941. The van der Waals surface area contributed by atoms with Crippen molar-refractivity contribution >= 4 is 29.9 Å². The van der Waals surface area contributed by atoms with Crippen molar-refractivity contribution in [2.75, 3.05) is 46.9 Å². The van der Waals surface area contributed by atoms with Gasteiger partial charge in [-0.1, -0.05) is 26.7 Å². The summed E-state index contributed by atoms with van der Waals surface area (Å²) in [5.41, 5.74) is 0. The molecule has 0 aromatic heterocycles. The molecule has 138 valence electrons. The number of hydrogen-bond acceptors (Lipinski definition) is 3. The molecule has 2 N–H and O–H groups in total. The Morgan fingerprint density at radius 3 is 2.48 bits per heavy atom. The second-order valence-electron chi connectivity index (χ2n) is 6.67. The molecule has 1 aliphatic rings. The summed E-state index contributed by atoms with van der Waals surface area (Å²) in [6.45, 7) is 8.92. The van der Waals surface area contributed by atoms with Crippen LogP contribution in [0.1, 0.15) is 46.0 Å². The van der Waals surface area contributed by atoms with Crippen LogP contribution in [-0.4, -0.2) is 63.8 Å². The molecule has 0 heterocycles. The Hall–Kier alpha value is -0.0800. The van der Waals surface area contributed by atoms with Crippen LogP contribution in [0.2, 0.25) is 0 Å². The van der Waals surface area contributed by atoms with Crippen molar-refractivity contribution in [1.29, 1.82) is 0 Å². The summed E-state index contributed by atoms with van der Waals surface area (Å²) < 4.78 is 5.57. The van der Waals surface area contributed by atoms with Crippen LogP contribution in [0, 0.1) is 5.92 Å². The second kappa shape index (κ2) is 14.3. The molecule has 0 aromatic carbocycles. The van der Waals surface area contributed by atoms with Crippen molar-refractivity contribution in [2.24, 2.45) is 10.9 Å². The van der Waals surface area contributed by atoms with Gasteiger partial charge in [-0.3, -0.25) is 4.99 Å². The summed E-state index contributed by atoms with van der Waals surface area (Å²) >= 11 is 0. The van der Waals surface area contributed by atoms with Crippen LogP contribution in [0.3, 0.4) is 0 Å². The Kier molecular flexibility index (Phi) is 14.2. The van der Waals surface area contributed by atoms with Crippen molar-refractivity contribution in [1.82, 2.24) is 15.5 Å². The zero-order chi connectivity index (χ0) is 16.2. The third-order valence-electron chi connectivity index (χ3n) is 4.14. The largest absolute Gasteiger partial charge is 0.381 e. The van der Waals surface area contributed by atoms with Crippen molar-refractivity contribution in [3.8, 4) is 0 Å². The van der Waals surface area contributed by atoms with Crippen molar-refractivity contribution < 1.29 is 4.74 Å². The van der Waals surface area contributed by atoms with Crippen LogP contribution in [0.15, 0.2) is 4.99 Å². The average Bonchev–Trinajstić information content (AvgIpc) is 3.02. The minimum atomic E-state index is 0. The zero-order valence-electron chi connectivity index (χ0n) is 15.4. The number of guanidine groups is 1. The maximum Gasteiger partial charge on any atom is 0.191 e. The van der Waals surface area contributed by atoms with Crippen molar-refractivity contribution in [2.45, 2.75) is 52.0 Å². The van der Waals surface area contributed by atoms with Crippen LogP contribution < -0.4 is 10.6 Å². The Morgan fingerprint density at radius 2 is 1.87 bits per heavy atom. The summed E-state index contributed by atoms with van der Waals surface area (Å²) in [4.78, 5) is 6.74. The molecular formula is C17H37IN4O. The molecule has 0 amide bonds. The highest BCUT2D eigenvalue weighted by molar-refractivity contribution is 14.0. The molecule has 1 saturated carbocycles. The van der Waals surface area contributed by atoms with E-state index in [9.17, 15) is 0 Å². The van der Waals surface area contributed by atoms with Gasteiger partial charge in [-0.15, -0.1) is 24.0 Å². The lowest BCUT2D eigenvalue weighted by atomic mass is 10.2. The summed E-state index contributed by atoms with van der Waals surface area (Å²) in [5, 5.41) is 6.73. The van der Waals surface area contributed by atoms with E-state index in [4.69, 9.17) is 4.74 Å². The smallest absolute Gasteiger partial charge is 0.191 e. The molecule has 0 aromatic rings. The van der Waals surface area contributed by atoms with Gasteiger partial charge < -0.3 is 20.3 Å². The number of nitrogens with zero attached hydrogens (tertiary/aromatic N) is 2. The first-order valence-electron chi connectivity index (χ1n) is 8.86. The summed E-state index contributed by atoms with van der Waals surface area (Å²) in [5.74, 6) is 1.50. The van der Waals surface area contributed by atoms with Crippen LogP contribution in [0.25, 0.3) is 0 Å². The molecule has 0 unspecified atom stereocenters. The second-order valence-corrected chi connectivity index (χ2v) is 6.67. The number of rotatable bonds is 10. The predicted octanol–water partition coefficient (Wildman–Crippen LogP) is 2.71. The molecule has 0 radical (unpaired) electrons. The Labute approximate surface area is 160 Å². The van der Waals surface area contributed by atoms with Gasteiger partial charge in [0.25, 0.3) is 0 Å². The van der Waals surface area contributed by atoms with Crippen LogP contribution >= 0.6 is 24.0 Å². The molecule has 1 fully saturated rings. The van der Waals surface area contributed by atoms with E-state index in [1.54, 1.807) is 0 Å². The molecule has 23 heavy (non-hydrogen) atoms. The highest BCUT2D eigenvalue weighted by Gasteiger charge is 2.18. The SMILES string of the molecule is CN=C(NCCCOCC(C)C)NCCN(C)C1CCCC1.I. The topological polar surface area (TPSA) is 48.9 Å². The fourth-order valence-corrected chi connectivity index (χ4v) is 2.80. The van der Waals surface area contributed by atoms with Gasteiger partial charge in [-0.05, 0) is 32.2 Å². The van der Waals surface area contributed by atoms with E-state index >= 15 is 0 Å². The number of likely N-dealkylation sites (N-methyl/N-ethyl adjacent to an activating group) is 1. The Morgan fingerprint density at radius 1 is 1.22 bits per heavy atom. The van der Waals surface area contributed by atoms with Gasteiger partial charge >= 0.3 is 0 Å². The number of nitrogens with one attached hydrogen (secondary N) is 2. The standard InChI is InChI=1S/C17H36N4O.HI/c1-15(2)14-22-13-7-10-19-17(18-3)20-11-12-21(4)16-8-5-6-9-16;/h15-16H,5-14H2,1-4H3,(H2,18,19,20);1H. The maximum atomic E-state index is 5.57. The highest BCUT2D eigenvalue weighted by Crippen LogP contribution is 2.21. The monoisotopic (exact) mass is 440 g/mol. The highest BCUT2D eigenvalue weighted by atomic mass is 127. The molecule has 0 spiro atoms. The van der Waals surface area contributed by atoms with Gasteiger partial charge in [0.1, 0.15) is 0 Å². The van der Waals surface area contributed by atoms with Crippen LogP contribution in [0.4, 0.5) is 0 Å². The van der Waals surface area contributed by atoms with Gasteiger partial charge in [-0.2, -0.15) is 0 Å². The summed E-state index contributed by atoms with van der Waals surface area (Å²) in [6.07, 6.45) is 6.52. The minimum absolute atomic E-state index is 0. The van der Waals surface area contributed by atoms with E-state index in [0.29, 0.717) is 5.92 Å². The summed E-state index contributed by atoms with van der Waals surface area (Å²) in [6, 6.07) is 0.787. The van der Waals surface area contributed by atoms with E-state index < -0.39 is 0 Å². The third kappa shape index (κ3) is 11.2. The van der Waals surface area contributed by atoms with Crippen molar-refractivity contribution in [3.05, 3.63) is 0 Å². The number of halogens is 1. The Balaban J connectivity index is 0.00000484. The molecular weight excluding hydrogens is 403 g/mol. The Bertz CT molecular complexity index is 307. The maximum absolute atomic E-state index is 5.57. The molecule has 5 nitrogen and oxygen atoms in total. The first-order valence-corrected chi connectivity index (χ1v) is 8.86. The van der Waals surface area contributed by atoms with Gasteiger partial charge in [0, 0.05) is 45.9 Å². The number of hydrogen-bond donors (Lipinski definition) is 2. The normalized spacial score (nSPS) is 16.0. The van der Waals surface area contributed by atoms with E-state index in [0.717, 1.165) is 51.3 Å². The molecule has 0 saturated heterocycles. The van der Waals surface area contributed by atoms with E-state index in [1.165, 1.54) is 25.7 Å². The minimum Gasteiger partial charge on any atom is -0.381 e. The lowest BCUT2D eigenvalue weighted by Crippen LogP contribution is -2.42. The van der Waals surface area contributed by atoms with Gasteiger partial charge in [-0.25, -0.2) is 0 Å². The average molecular weight is 440 g/mol. The van der Waals surface area contributed by atoms with Gasteiger partial charge in [0.2, 0.25) is 0 Å². The lowest BCUT2D eigenvalue weighted by molar-refractivity contribution is 0.108. The van der Waals surface area contributed by atoms with E-state index in [2.05, 4.69) is 41.4 Å². The predicted molar refractivity (Wildman–Crippen MR) is 110 cm³/mol. The zero-order valence-corrected chi connectivity index (χ0v) is 17.8. The van der Waals surface area contributed by atoms with Gasteiger partial charge in [0.15, 0.2) is 5.96 Å². The quantitative estimate of drug-likeness (QED) is 0.237. The molecule has 0 atom stereocenters. The van der Waals surface area contributed by atoms with Crippen molar-refractivity contribution in [3.63, 3.8) is 0 Å². The van der Waals surface area contributed by atoms with Crippen LogP contribution in [0.5, 0.6) is 0 Å². The molecule has 0 bridgehead atoms. The first-order chi connectivity index (χ1) is 10.6. The first kappa shape index (κ1) is 22.9. The molecule has 1 rings (SSSR count). The third-order valence-corrected chi connectivity index (χ3v) is 4.14. The lowest BCUT2D eigenvalue weighted by Gasteiger charge is -2.24. The van der Waals surface area contributed by atoms with Gasteiger partial charge in [0.05, 0.1) is 0 Å². The van der Waals surface area contributed by atoms with E-state index in [-0.39, 0.29) is 24.0 Å². The van der Waals surface area contributed by atoms with Crippen LogP contribution in [-0.2, 0) is 4.74 Å². The number of aliphatic imine (C=N–C) groups is 1. The van der Waals surface area contributed by atoms with E-state index in [1.807, 2.05) is 7.05 Å².